The van der Waals surface area contributed by atoms with E-state index in [1.165, 1.54) is 0 Å². The van der Waals surface area contributed by atoms with E-state index in [0.29, 0.717) is 19.4 Å². The molecule has 18 heavy (non-hydrogen) atoms. The lowest BCUT2D eigenvalue weighted by atomic mass is 9.72. The third kappa shape index (κ3) is 2.83. The molecule has 0 unspecified atom stereocenters. The molecule has 1 aliphatic rings. The van der Waals surface area contributed by atoms with Gasteiger partial charge in [0, 0.05) is 6.54 Å². The van der Waals surface area contributed by atoms with Crippen molar-refractivity contribution in [1.29, 1.82) is 0 Å². The molecule has 5 nitrogen and oxygen atoms in total. The molecular weight excluding hydrogens is 232 g/mol. The van der Waals surface area contributed by atoms with Gasteiger partial charge >= 0.3 is 5.97 Å². The number of carbonyl (C=O) groups excluding carboxylic acids is 1. The van der Waals surface area contributed by atoms with Crippen molar-refractivity contribution in [2.45, 2.75) is 57.9 Å². The highest BCUT2D eigenvalue weighted by Gasteiger charge is 2.44. The Morgan fingerprint density at radius 3 is 2.17 bits per heavy atom. The number of nitrogens with two attached hydrogens (primary N) is 1. The smallest absolute Gasteiger partial charge is 0.305 e. The van der Waals surface area contributed by atoms with Gasteiger partial charge in [0.25, 0.3) is 0 Å². The van der Waals surface area contributed by atoms with E-state index in [0.717, 1.165) is 19.3 Å². The van der Waals surface area contributed by atoms with Gasteiger partial charge in [0.1, 0.15) is 0 Å². The normalized spacial score (nSPS) is 17.9. The first-order valence-electron chi connectivity index (χ1n) is 6.68. The molecule has 0 heterocycles. The van der Waals surface area contributed by atoms with Crippen LogP contribution in [-0.2, 0) is 9.59 Å². The van der Waals surface area contributed by atoms with Gasteiger partial charge in [0.2, 0.25) is 5.91 Å². The number of carbonyl (C=O) groups is 2. The van der Waals surface area contributed by atoms with Gasteiger partial charge in [-0.25, -0.2) is 0 Å². The Morgan fingerprint density at radius 1 is 1.33 bits per heavy atom. The van der Waals surface area contributed by atoms with Crippen LogP contribution >= 0.6 is 0 Å². The minimum atomic E-state index is -0.860. The minimum absolute atomic E-state index is 0.00677. The largest absolute Gasteiger partial charge is 0.481 e. The Kier molecular flexibility index (Phi) is 4.73. The predicted molar refractivity (Wildman–Crippen MR) is 69.0 cm³/mol. The first-order chi connectivity index (χ1) is 8.43. The zero-order valence-electron chi connectivity index (χ0n) is 11.3. The molecule has 1 aliphatic carbocycles. The van der Waals surface area contributed by atoms with Gasteiger partial charge in [0.15, 0.2) is 0 Å². The summed E-state index contributed by atoms with van der Waals surface area (Å²) in [5.74, 6) is -0.947. The lowest BCUT2D eigenvalue weighted by Crippen LogP contribution is -2.59. The summed E-state index contributed by atoms with van der Waals surface area (Å²) in [6.07, 6.45) is 3.83. The number of hydrogen-bond acceptors (Lipinski definition) is 3. The van der Waals surface area contributed by atoms with Crippen LogP contribution in [0.1, 0.15) is 52.4 Å². The van der Waals surface area contributed by atoms with E-state index in [-0.39, 0.29) is 12.3 Å². The third-order valence-electron chi connectivity index (χ3n) is 4.40. The third-order valence-corrected chi connectivity index (χ3v) is 4.40. The summed E-state index contributed by atoms with van der Waals surface area (Å²) in [4.78, 5) is 23.2. The van der Waals surface area contributed by atoms with Crippen LogP contribution in [0.4, 0.5) is 0 Å². The molecule has 0 aromatic heterocycles. The van der Waals surface area contributed by atoms with Crippen LogP contribution in [0.15, 0.2) is 0 Å². The van der Waals surface area contributed by atoms with E-state index < -0.39 is 16.9 Å². The van der Waals surface area contributed by atoms with E-state index in [4.69, 9.17) is 10.8 Å². The molecule has 1 amide bonds. The maximum atomic E-state index is 12.4. The molecule has 0 spiro atoms. The van der Waals surface area contributed by atoms with Crippen molar-refractivity contribution in [3.8, 4) is 0 Å². The van der Waals surface area contributed by atoms with Crippen LogP contribution in [0.25, 0.3) is 0 Å². The summed E-state index contributed by atoms with van der Waals surface area (Å²) in [6, 6.07) is 0. The maximum absolute atomic E-state index is 12.4. The van der Waals surface area contributed by atoms with Gasteiger partial charge in [-0.05, 0) is 32.1 Å². The number of carboxylic acid groups (broad SMARTS) is 1. The monoisotopic (exact) mass is 256 g/mol. The van der Waals surface area contributed by atoms with Crippen LogP contribution < -0.4 is 11.1 Å². The van der Waals surface area contributed by atoms with Crippen LogP contribution in [0.3, 0.4) is 0 Å². The molecule has 0 aromatic carbocycles. The molecular formula is C13H24N2O3. The first kappa shape index (κ1) is 15.0. The van der Waals surface area contributed by atoms with Crippen molar-refractivity contribution in [3.63, 3.8) is 0 Å². The summed E-state index contributed by atoms with van der Waals surface area (Å²) in [5.41, 5.74) is 4.64. The Labute approximate surface area is 108 Å². The van der Waals surface area contributed by atoms with Crippen molar-refractivity contribution in [1.82, 2.24) is 5.32 Å². The van der Waals surface area contributed by atoms with Crippen molar-refractivity contribution in [2.24, 2.45) is 11.1 Å². The fourth-order valence-corrected chi connectivity index (χ4v) is 2.56. The van der Waals surface area contributed by atoms with E-state index >= 15 is 0 Å². The molecule has 1 saturated carbocycles. The van der Waals surface area contributed by atoms with Crippen molar-refractivity contribution >= 4 is 11.9 Å². The van der Waals surface area contributed by atoms with E-state index in [1.54, 1.807) is 0 Å². The van der Waals surface area contributed by atoms with Crippen LogP contribution in [0.5, 0.6) is 0 Å². The molecule has 0 bridgehead atoms. The van der Waals surface area contributed by atoms with E-state index in [1.807, 2.05) is 13.8 Å². The molecule has 0 aliphatic heterocycles. The van der Waals surface area contributed by atoms with E-state index in [2.05, 4.69) is 5.32 Å². The van der Waals surface area contributed by atoms with Gasteiger partial charge in [-0.3, -0.25) is 9.59 Å². The van der Waals surface area contributed by atoms with Gasteiger partial charge in [-0.15, -0.1) is 0 Å². The first-order valence-corrected chi connectivity index (χ1v) is 6.68. The molecule has 5 heteroatoms. The highest BCUT2D eigenvalue weighted by Crippen LogP contribution is 2.37. The Hall–Kier alpha value is -1.10. The molecule has 104 valence electrons. The average molecular weight is 256 g/mol. The van der Waals surface area contributed by atoms with Crippen LogP contribution in [-0.4, -0.2) is 29.1 Å². The molecule has 0 atom stereocenters. The molecule has 1 rings (SSSR count). The number of aliphatic carboxylic acids is 1. The molecule has 0 radical (unpaired) electrons. The lowest BCUT2D eigenvalue weighted by molar-refractivity contribution is -0.142. The zero-order valence-corrected chi connectivity index (χ0v) is 11.3. The second kappa shape index (κ2) is 5.69. The van der Waals surface area contributed by atoms with Crippen LogP contribution in [0.2, 0.25) is 0 Å². The summed E-state index contributed by atoms with van der Waals surface area (Å²) in [6.45, 7) is 4.19. The number of amides is 1. The second-order valence-electron chi connectivity index (χ2n) is 5.35. The van der Waals surface area contributed by atoms with Gasteiger partial charge in [0.05, 0.1) is 17.4 Å². The van der Waals surface area contributed by atoms with Crippen LogP contribution in [0, 0.1) is 5.41 Å². The Bertz CT molecular complexity index is 312. The van der Waals surface area contributed by atoms with Crippen molar-refractivity contribution < 1.29 is 14.7 Å². The Balaban J connectivity index is 2.75. The molecule has 1 fully saturated rings. The summed E-state index contributed by atoms with van der Waals surface area (Å²) >= 11 is 0. The topological polar surface area (TPSA) is 92.4 Å². The number of rotatable bonds is 7. The average Bonchev–Trinajstić information content (AvgIpc) is 2.28. The highest BCUT2D eigenvalue weighted by molar-refractivity contribution is 5.84. The second-order valence-corrected chi connectivity index (χ2v) is 5.35. The van der Waals surface area contributed by atoms with Crippen molar-refractivity contribution in [2.75, 3.05) is 6.54 Å². The van der Waals surface area contributed by atoms with E-state index in [9.17, 15) is 9.59 Å². The standard InChI is InChI=1S/C13H24N2O3/c1-3-12(4-2,9-14)11(18)15-13(6-5-7-13)8-10(16)17/h3-9,14H2,1-2H3,(H,15,18)(H,16,17). The fraction of sp³-hybridized carbons (Fsp3) is 0.846. The lowest BCUT2D eigenvalue weighted by Gasteiger charge is -2.44. The summed E-state index contributed by atoms with van der Waals surface area (Å²) in [7, 11) is 0. The molecule has 0 saturated heterocycles. The number of hydrogen-bond donors (Lipinski definition) is 3. The summed E-state index contributed by atoms with van der Waals surface area (Å²) < 4.78 is 0. The SMILES string of the molecule is CCC(CC)(CN)C(=O)NC1(CC(=O)O)CCC1. The number of carboxylic acids is 1. The molecule has 0 aromatic rings. The predicted octanol–water partition coefficient (Wildman–Crippen LogP) is 1.27. The van der Waals surface area contributed by atoms with Gasteiger partial charge in [-0.1, -0.05) is 13.8 Å². The molecule has 4 N–H and O–H groups in total. The quantitative estimate of drug-likeness (QED) is 0.639. The highest BCUT2D eigenvalue weighted by atomic mass is 16.4. The fourth-order valence-electron chi connectivity index (χ4n) is 2.56. The summed E-state index contributed by atoms with van der Waals surface area (Å²) in [5, 5.41) is 11.9. The minimum Gasteiger partial charge on any atom is -0.481 e. The zero-order chi connectivity index (χ0) is 13.8. The van der Waals surface area contributed by atoms with Gasteiger partial charge < -0.3 is 16.2 Å². The Morgan fingerprint density at radius 2 is 1.89 bits per heavy atom. The maximum Gasteiger partial charge on any atom is 0.305 e. The number of nitrogens with one attached hydrogen (secondary N) is 1. The van der Waals surface area contributed by atoms with Crippen molar-refractivity contribution in [3.05, 3.63) is 0 Å². The van der Waals surface area contributed by atoms with Gasteiger partial charge in [-0.2, -0.15) is 0 Å².